The van der Waals surface area contributed by atoms with E-state index in [1.54, 1.807) is 18.9 Å². The lowest BCUT2D eigenvalue weighted by molar-refractivity contribution is -0.535. The number of carbonyl (C=O) groups excluding carboxylic acids is 3. The van der Waals surface area contributed by atoms with E-state index in [0.29, 0.717) is 51.7 Å². The van der Waals surface area contributed by atoms with Crippen LogP contribution in [0.5, 0.6) is 0 Å². The molecule has 2 saturated heterocycles. The van der Waals surface area contributed by atoms with Crippen LogP contribution in [0.2, 0.25) is 0 Å². The van der Waals surface area contributed by atoms with Crippen LogP contribution < -0.4 is 0 Å². The zero-order valence-corrected chi connectivity index (χ0v) is 19.4. The lowest BCUT2D eigenvalue weighted by Gasteiger charge is -2.33. The quantitative estimate of drug-likeness (QED) is 0.590. The fraction of sp³-hybridized carbons (Fsp3) is 0.522. The Morgan fingerprint density at radius 1 is 1.09 bits per heavy atom. The third kappa shape index (κ3) is 4.61. The average molecular weight is 456 g/mol. The van der Waals surface area contributed by atoms with Crippen molar-refractivity contribution in [1.29, 1.82) is 0 Å². The number of imide groups is 1. The van der Waals surface area contributed by atoms with E-state index in [0.717, 1.165) is 12.3 Å². The lowest BCUT2D eigenvalue weighted by Crippen LogP contribution is -2.61. The summed E-state index contributed by atoms with van der Waals surface area (Å²) in [6.45, 7) is 5.85. The van der Waals surface area contributed by atoms with Crippen molar-refractivity contribution in [2.45, 2.75) is 19.4 Å². The van der Waals surface area contributed by atoms with Crippen molar-refractivity contribution in [3.8, 4) is 0 Å². The molecule has 0 saturated carbocycles. The Labute approximate surface area is 193 Å². The van der Waals surface area contributed by atoms with Gasteiger partial charge >= 0.3 is 18.0 Å². The first-order valence-corrected chi connectivity index (χ1v) is 11.3. The third-order valence-corrected chi connectivity index (χ3v) is 6.36. The molecule has 0 spiro atoms. The molecule has 176 valence electrons. The number of amidine groups is 2. The molecule has 0 radical (unpaired) electrons. The maximum absolute atomic E-state index is 13.1. The van der Waals surface area contributed by atoms with Crippen molar-refractivity contribution in [3.63, 3.8) is 0 Å². The molecule has 0 bridgehead atoms. The van der Waals surface area contributed by atoms with Gasteiger partial charge in [0.15, 0.2) is 0 Å². The fourth-order valence-corrected chi connectivity index (χ4v) is 4.43. The molecule has 1 unspecified atom stereocenters. The van der Waals surface area contributed by atoms with Crippen LogP contribution in [0.3, 0.4) is 0 Å². The molecule has 0 aliphatic carbocycles. The lowest BCUT2D eigenvalue weighted by atomic mass is 10.1. The smallest absolute Gasteiger partial charge is 0.409 e. The number of amides is 4. The second-order valence-electron chi connectivity index (χ2n) is 8.42. The number of nitrogens with zero attached hydrogens (tertiary/aromatic N) is 6. The van der Waals surface area contributed by atoms with Crippen molar-refractivity contribution in [2.24, 2.45) is 4.99 Å². The van der Waals surface area contributed by atoms with Crippen LogP contribution in [-0.4, -0.2) is 120 Å². The van der Waals surface area contributed by atoms with E-state index >= 15 is 0 Å². The highest BCUT2D eigenvalue weighted by Gasteiger charge is 2.53. The molecule has 0 N–H and O–H groups in total. The predicted octanol–water partition coefficient (Wildman–Crippen LogP) is 0.719. The molecule has 3 heterocycles. The summed E-state index contributed by atoms with van der Waals surface area (Å²) in [5.41, 5.74) is 1.18. The van der Waals surface area contributed by atoms with Gasteiger partial charge in [0.05, 0.1) is 13.2 Å². The first-order valence-electron chi connectivity index (χ1n) is 11.3. The van der Waals surface area contributed by atoms with Crippen LogP contribution in [0.4, 0.5) is 9.59 Å². The van der Waals surface area contributed by atoms with Crippen molar-refractivity contribution >= 4 is 29.7 Å². The summed E-state index contributed by atoms with van der Waals surface area (Å²) in [5, 5.41) is 0. The van der Waals surface area contributed by atoms with Gasteiger partial charge in [-0.15, -0.1) is 0 Å². The third-order valence-electron chi connectivity index (χ3n) is 6.36. The first-order chi connectivity index (χ1) is 15.9. The number of urea groups is 1. The maximum atomic E-state index is 13.1. The van der Waals surface area contributed by atoms with Gasteiger partial charge in [-0.2, -0.15) is 0 Å². The van der Waals surface area contributed by atoms with Gasteiger partial charge in [0, 0.05) is 46.7 Å². The number of hydrogen-bond donors (Lipinski definition) is 0. The van der Waals surface area contributed by atoms with Gasteiger partial charge in [-0.3, -0.25) is 19.5 Å². The minimum atomic E-state index is -0.600. The van der Waals surface area contributed by atoms with E-state index in [4.69, 9.17) is 9.73 Å². The summed E-state index contributed by atoms with van der Waals surface area (Å²) in [6, 6.07) is 9.14. The Hall–Kier alpha value is -3.27. The average Bonchev–Trinajstić information content (AvgIpc) is 3.19. The highest BCUT2D eigenvalue weighted by molar-refractivity contribution is 6.23. The molecule has 4 amide bonds. The number of aliphatic imine (C=N–C) groups is 1. The summed E-state index contributed by atoms with van der Waals surface area (Å²) < 4.78 is 7.13. The number of fused-ring (bicyclic) bond motifs is 1. The second-order valence-corrected chi connectivity index (χ2v) is 8.42. The molecule has 3 aliphatic rings. The minimum Gasteiger partial charge on any atom is -0.450 e. The summed E-state index contributed by atoms with van der Waals surface area (Å²) >= 11 is 0. The zero-order chi connectivity index (χ0) is 23.5. The Kier molecular flexibility index (Phi) is 6.73. The summed E-state index contributed by atoms with van der Waals surface area (Å²) in [4.78, 5) is 48.9. The van der Waals surface area contributed by atoms with E-state index in [2.05, 4.69) is 17.0 Å². The normalized spacial score (nSPS) is 21.5. The van der Waals surface area contributed by atoms with Crippen LogP contribution >= 0.6 is 0 Å². The van der Waals surface area contributed by atoms with Crippen molar-refractivity contribution in [1.82, 2.24) is 19.6 Å². The van der Waals surface area contributed by atoms with Gasteiger partial charge in [-0.05, 0) is 17.5 Å². The zero-order valence-electron chi connectivity index (χ0n) is 19.4. The van der Waals surface area contributed by atoms with Crippen LogP contribution in [-0.2, 0) is 16.0 Å². The number of rotatable bonds is 6. The monoisotopic (exact) mass is 455 g/mol. The molecule has 10 heteroatoms. The van der Waals surface area contributed by atoms with E-state index in [1.165, 1.54) is 22.4 Å². The molecule has 10 nitrogen and oxygen atoms in total. The number of ether oxygens (including phenoxy) is 1. The SMILES string of the molecule is CCOC(=O)N1CCN(CC2=[N+](CCc3ccccc3)C3C(=O)N(C)C(=O)N(C)C3=N2)CC1. The van der Waals surface area contributed by atoms with E-state index in [-0.39, 0.29) is 18.0 Å². The largest absolute Gasteiger partial charge is 0.450 e. The minimum absolute atomic E-state index is 0.257. The Bertz CT molecular complexity index is 984. The number of piperazine rings is 1. The summed E-state index contributed by atoms with van der Waals surface area (Å²) in [5.74, 6) is 1.00. The van der Waals surface area contributed by atoms with Crippen LogP contribution in [0, 0.1) is 0 Å². The molecule has 4 rings (SSSR count). The van der Waals surface area contributed by atoms with Crippen molar-refractivity contribution < 1.29 is 23.7 Å². The second kappa shape index (κ2) is 9.70. The summed E-state index contributed by atoms with van der Waals surface area (Å²) in [7, 11) is 3.17. The van der Waals surface area contributed by atoms with Gasteiger partial charge in [0.1, 0.15) is 6.54 Å². The molecule has 3 aliphatic heterocycles. The number of benzene rings is 1. The molecule has 33 heavy (non-hydrogen) atoms. The van der Waals surface area contributed by atoms with E-state index < -0.39 is 6.04 Å². The number of likely N-dealkylation sites (N-methyl/N-ethyl adjacent to an activating group) is 2. The topological polar surface area (TPSA) is 88.8 Å². The Balaban J connectivity index is 1.53. The number of hydrogen-bond acceptors (Lipinski definition) is 6. The standard InChI is InChI=1S/C23H31N6O4/c1-4-33-23(32)28-14-12-27(13-15-28)16-18-24-20-19(21(30)26(3)22(31)25(20)2)29(18)11-10-17-8-6-5-7-9-17/h5-9,19H,4,10-16H2,1-3H3/q+1. The molecule has 1 aromatic rings. The highest BCUT2D eigenvalue weighted by Crippen LogP contribution is 2.20. The van der Waals surface area contributed by atoms with Gasteiger partial charge in [0.2, 0.25) is 0 Å². The van der Waals surface area contributed by atoms with Gasteiger partial charge in [-0.1, -0.05) is 30.3 Å². The van der Waals surface area contributed by atoms with Crippen LogP contribution in [0.1, 0.15) is 12.5 Å². The van der Waals surface area contributed by atoms with E-state index in [9.17, 15) is 14.4 Å². The van der Waals surface area contributed by atoms with Crippen molar-refractivity contribution in [3.05, 3.63) is 35.9 Å². The maximum Gasteiger partial charge on any atom is 0.409 e. The van der Waals surface area contributed by atoms with Crippen molar-refractivity contribution in [2.75, 3.05) is 60.0 Å². The van der Waals surface area contributed by atoms with Gasteiger partial charge < -0.3 is 9.64 Å². The molecule has 0 aromatic heterocycles. The van der Waals surface area contributed by atoms with E-state index in [1.807, 2.05) is 22.8 Å². The van der Waals surface area contributed by atoms with Gasteiger partial charge in [-0.25, -0.2) is 14.2 Å². The highest BCUT2D eigenvalue weighted by atomic mass is 16.6. The molecule has 1 atom stereocenters. The predicted molar refractivity (Wildman–Crippen MR) is 122 cm³/mol. The van der Waals surface area contributed by atoms with Gasteiger partial charge in [0.25, 0.3) is 17.8 Å². The Morgan fingerprint density at radius 3 is 2.45 bits per heavy atom. The van der Waals surface area contributed by atoms with Crippen LogP contribution in [0.15, 0.2) is 35.3 Å². The molecule has 1 aromatic carbocycles. The molecular weight excluding hydrogens is 424 g/mol. The number of carbonyl (C=O) groups is 3. The Morgan fingerprint density at radius 2 is 1.79 bits per heavy atom. The summed E-state index contributed by atoms with van der Waals surface area (Å²) in [6.07, 6.45) is 0.477. The molecule has 2 fully saturated rings. The first kappa shape index (κ1) is 22.9. The molecular formula is C23H31N6O4+. The van der Waals surface area contributed by atoms with Crippen LogP contribution in [0.25, 0.3) is 0 Å². The fourth-order valence-electron chi connectivity index (χ4n) is 4.43.